The molecule has 2 aromatic rings. The van der Waals surface area contributed by atoms with Crippen molar-refractivity contribution < 1.29 is 14.3 Å². The molecule has 0 heterocycles. The second kappa shape index (κ2) is 13.6. The molecule has 1 N–H and O–H groups in total. The van der Waals surface area contributed by atoms with Gasteiger partial charge in [0, 0.05) is 11.4 Å². The average molecular weight is 431 g/mol. The zero-order chi connectivity index (χ0) is 21.6. The summed E-state index contributed by atoms with van der Waals surface area (Å²) in [5.41, 5.74) is 4.41. The first kappa shape index (κ1) is 23.7. The van der Waals surface area contributed by atoms with E-state index in [0.29, 0.717) is 29.5 Å². The van der Waals surface area contributed by atoms with Crippen LogP contribution in [-0.2, 0) is 11.4 Å². The van der Waals surface area contributed by atoms with E-state index in [0.717, 1.165) is 24.0 Å². The van der Waals surface area contributed by atoms with Crippen LogP contribution in [0.15, 0.2) is 47.6 Å². The molecule has 2 aromatic carbocycles. The first-order chi connectivity index (χ1) is 14.6. The second-order valence-corrected chi connectivity index (χ2v) is 7.57. The molecule has 0 aliphatic heterocycles. The van der Waals surface area contributed by atoms with E-state index >= 15 is 0 Å². The van der Waals surface area contributed by atoms with E-state index in [2.05, 4.69) is 17.5 Å². The van der Waals surface area contributed by atoms with Crippen LogP contribution in [-0.4, -0.2) is 19.2 Å². The van der Waals surface area contributed by atoms with Crippen molar-refractivity contribution in [1.29, 1.82) is 0 Å². The Morgan fingerprint density at radius 1 is 1.03 bits per heavy atom. The van der Waals surface area contributed by atoms with Crippen molar-refractivity contribution in [2.75, 3.05) is 7.11 Å². The van der Waals surface area contributed by atoms with Crippen LogP contribution in [0, 0.1) is 0 Å². The van der Waals surface area contributed by atoms with Gasteiger partial charge in [-0.3, -0.25) is 4.79 Å². The van der Waals surface area contributed by atoms with E-state index < -0.39 is 0 Å². The van der Waals surface area contributed by atoms with Gasteiger partial charge in [0.15, 0.2) is 11.5 Å². The standard InChI is InChI=1S/C24H31ClN2O3/c1-3-4-5-6-7-8-9-24(28)27-26-17-20-12-15-22(23(16-20)29-2)30-18-19-10-13-21(25)14-11-19/h10-17H,3-9,18H2,1-2H3,(H,27,28)/b26-17-. The Morgan fingerprint density at radius 2 is 1.77 bits per heavy atom. The van der Waals surface area contributed by atoms with E-state index in [1.54, 1.807) is 13.3 Å². The number of benzene rings is 2. The van der Waals surface area contributed by atoms with Crippen LogP contribution in [0.5, 0.6) is 11.5 Å². The molecule has 162 valence electrons. The van der Waals surface area contributed by atoms with Gasteiger partial charge in [-0.15, -0.1) is 0 Å². The molecule has 0 saturated heterocycles. The number of nitrogens with one attached hydrogen (secondary N) is 1. The Morgan fingerprint density at radius 3 is 2.50 bits per heavy atom. The summed E-state index contributed by atoms with van der Waals surface area (Å²) in [4.78, 5) is 11.9. The molecule has 0 fully saturated rings. The van der Waals surface area contributed by atoms with Gasteiger partial charge in [-0.05, 0) is 47.9 Å². The molecular weight excluding hydrogens is 400 g/mol. The van der Waals surface area contributed by atoms with Gasteiger partial charge in [-0.2, -0.15) is 5.10 Å². The molecule has 5 nitrogen and oxygen atoms in total. The summed E-state index contributed by atoms with van der Waals surface area (Å²) < 4.78 is 11.3. The highest BCUT2D eigenvalue weighted by molar-refractivity contribution is 6.30. The Bertz CT molecular complexity index is 807. The van der Waals surface area contributed by atoms with Gasteiger partial charge in [-0.1, -0.05) is 62.8 Å². The molecule has 0 atom stereocenters. The van der Waals surface area contributed by atoms with Gasteiger partial charge in [0.2, 0.25) is 5.91 Å². The van der Waals surface area contributed by atoms with Crippen LogP contribution in [0.3, 0.4) is 0 Å². The molecular formula is C24H31ClN2O3. The minimum Gasteiger partial charge on any atom is -0.493 e. The van der Waals surface area contributed by atoms with Gasteiger partial charge >= 0.3 is 0 Å². The lowest BCUT2D eigenvalue weighted by molar-refractivity contribution is -0.121. The van der Waals surface area contributed by atoms with E-state index in [1.807, 2.05) is 42.5 Å². The third-order valence-corrected chi connectivity index (χ3v) is 4.91. The zero-order valence-corrected chi connectivity index (χ0v) is 18.6. The maximum atomic E-state index is 11.9. The highest BCUT2D eigenvalue weighted by atomic mass is 35.5. The topological polar surface area (TPSA) is 59.9 Å². The van der Waals surface area contributed by atoms with Crippen LogP contribution < -0.4 is 14.9 Å². The summed E-state index contributed by atoms with van der Waals surface area (Å²) >= 11 is 5.90. The fourth-order valence-electron chi connectivity index (χ4n) is 2.93. The van der Waals surface area contributed by atoms with Crippen LogP contribution in [0.4, 0.5) is 0 Å². The van der Waals surface area contributed by atoms with Crippen LogP contribution in [0.2, 0.25) is 5.02 Å². The summed E-state index contributed by atoms with van der Waals surface area (Å²) in [7, 11) is 1.59. The zero-order valence-electron chi connectivity index (χ0n) is 17.8. The molecule has 0 aliphatic carbocycles. The quantitative estimate of drug-likeness (QED) is 0.236. The third kappa shape index (κ3) is 8.87. The van der Waals surface area contributed by atoms with Gasteiger partial charge in [0.05, 0.1) is 13.3 Å². The molecule has 0 spiro atoms. The van der Waals surface area contributed by atoms with Crippen molar-refractivity contribution in [3.63, 3.8) is 0 Å². The summed E-state index contributed by atoms with van der Waals surface area (Å²) in [6, 6.07) is 13.0. The molecule has 0 unspecified atom stereocenters. The molecule has 1 amide bonds. The molecule has 0 aliphatic rings. The van der Waals surface area contributed by atoms with Crippen molar-refractivity contribution in [2.24, 2.45) is 5.10 Å². The largest absolute Gasteiger partial charge is 0.493 e. The van der Waals surface area contributed by atoms with Gasteiger partial charge < -0.3 is 9.47 Å². The Balaban J connectivity index is 1.79. The van der Waals surface area contributed by atoms with Crippen molar-refractivity contribution in [2.45, 2.75) is 58.5 Å². The summed E-state index contributed by atoms with van der Waals surface area (Å²) in [5.74, 6) is 1.18. The van der Waals surface area contributed by atoms with Crippen LogP contribution in [0.1, 0.15) is 63.0 Å². The normalized spacial score (nSPS) is 10.9. The maximum Gasteiger partial charge on any atom is 0.240 e. The minimum atomic E-state index is -0.0587. The number of methoxy groups -OCH3 is 1. The predicted octanol–water partition coefficient (Wildman–Crippen LogP) is 6.13. The summed E-state index contributed by atoms with van der Waals surface area (Å²) in [6.07, 6.45) is 9.04. The van der Waals surface area contributed by atoms with Crippen LogP contribution >= 0.6 is 11.6 Å². The Kier molecular flexibility index (Phi) is 10.8. The molecule has 30 heavy (non-hydrogen) atoms. The molecule has 0 saturated carbocycles. The van der Waals surface area contributed by atoms with Gasteiger partial charge in [0.25, 0.3) is 0 Å². The number of hydrazone groups is 1. The molecule has 0 radical (unpaired) electrons. The van der Waals surface area contributed by atoms with E-state index in [4.69, 9.17) is 21.1 Å². The molecule has 2 rings (SSSR count). The lowest BCUT2D eigenvalue weighted by Gasteiger charge is -2.11. The van der Waals surface area contributed by atoms with Crippen LogP contribution in [0.25, 0.3) is 0 Å². The van der Waals surface area contributed by atoms with E-state index in [1.165, 1.54) is 25.7 Å². The van der Waals surface area contributed by atoms with E-state index in [-0.39, 0.29) is 5.91 Å². The lowest BCUT2D eigenvalue weighted by Crippen LogP contribution is -2.16. The number of ether oxygens (including phenoxy) is 2. The number of halogens is 1. The highest BCUT2D eigenvalue weighted by Gasteiger charge is 2.06. The number of carbonyl (C=O) groups is 1. The number of rotatable bonds is 13. The minimum absolute atomic E-state index is 0.0587. The first-order valence-electron chi connectivity index (χ1n) is 10.5. The van der Waals surface area contributed by atoms with Gasteiger partial charge in [-0.25, -0.2) is 5.43 Å². The van der Waals surface area contributed by atoms with Crippen molar-refractivity contribution in [3.05, 3.63) is 58.6 Å². The smallest absolute Gasteiger partial charge is 0.240 e. The maximum absolute atomic E-state index is 11.9. The number of carbonyl (C=O) groups excluding carboxylic acids is 1. The fraction of sp³-hybridized carbons (Fsp3) is 0.417. The summed E-state index contributed by atoms with van der Waals surface area (Å²) in [5, 5.41) is 4.74. The number of unbranched alkanes of at least 4 members (excludes halogenated alkanes) is 5. The fourth-order valence-corrected chi connectivity index (χ4v) is 3.05. The van der Waals surface area contributed by atoms with E-state index in [9.17, 15) is 4.79 Å². The Labute approximate surface area is 184 Å². The second-order valence-electron chi connectivity index (χ2n) is 7.14. The first-order valence-corrected chi connectivity index (χ1v) is 10.9. The Hall–Kier alpha value is -2.53. The predicted molar refractivity (Wildman–Crippen MR) is 123 cm³/mol. The average Bonchev–Trinajstić information content (AvgIpc) is 2.76. The molecule has 0 aromatic heterocycles. The van der Waals surface area contributed by atoms with Crippen molar-refractivity contribution >= 4 is 23.7 Å². The van der Waals surface area contributed by atoms with Crippen molar-refractivity contribution in [1.82, 2.24) is 5.43 Å². The molecule has 6 heteroatoms. The summed E-state index contributed by atoms with van der Waals surface area (Å²) in [6.45, 7) is 2.61. The lowest BCUT2D eigenvalue weighted by atomic mass is 10.1. The SMILES string of the molecule is CCCCCCCCC(=O)N/N=C\c1ccc(OCc2ccc(Cl)cc2)c(OC)c1. The third-order valence-electron chi connectivity index (χ3n) is 4.66. The number of amides is 1. The number of hydrogen-bond acceptors (Lipinski definition) is 4. The number of hydrogen-bond donors (Lipinski definition) is 1. The monoisotopic (exact) mass is 430 g/mol. The number of nitrogens with zero attached hydrogens (tertiary/aromatic N) is 1. The highest BCUT2D eigenvalue weighted by Crippen LogP contribution is 2.28. The molecule has 0 bridgehead atoms. The van der Waals surface area contributed by atoms with Crippen molar-refractivity contribution in [3.8, 4) is 11.5 Å². The van der Waals surface area contributed by atoms with Gasteiger partial charge in [0.1, 0.15) is 6.61 Å².